The Balaban J connectivity index is 2.43. The molecule has 6 nitrogen and oxygen atoms in total. The maximum atomic E-state index is 11.9. The van der Waals surface area contributed by atoms with Crippen molar-refractivity contribution in [3.05, 3.63) is 47.5 Å². The minimum atomic E-state index is -3.55. The molecular weight excluding hydrogens is 302 g/mol. The van der Waals surface area contributed by atoms with Crippen LogP contribution in [0.5, 0.6) is 0 Å². The predicted octanol–water partition coefficient (Wildman–Crippen LogP) is 1.42. The number of hydrogen-bond donors (Lipinski definition) is 3. The molecule has 5 N–H and O–H groups in total. The van der Waals surface area contributed by atoms with Gasteiger partial charge in [-0.1, -0.05) is 30.3 Å². The van der Waals surface area contributed by atoms with E-state index in [4.69, 9.17) is 11.5 Å². The number of nitrogens with one attached hydrogen (secondary N) is 1. The first-order chi connectivity index (χ1) is 10.3. The number of para-hydroxylation sites is 1. The molecule has 3 aromatic rings. The summed E-state index contributed by atoms with van der Waals surface area (Å²) in [4.78, 5) is 15.0. The monoisotopic (exact) mass is 317 g/mol. The van der Waals surface area contributed by atoms with Crippen LogP contribution in [0.2, 0.25) is 0 Å². The lowest BCUT2D eigenvalue weighted by molar-refractivity contribution is 0.100. The van der Waals surface area contributed by atoms with Crippen molar-refractivity contribution < 1.29 is 13.2 Å². The molecule has 1 aromatic heterocycles. The Kier molecular flexibility index (Phi) is 3.19. The third kappa shape index (κ3) is 2.15. The number of H-pyrrole nitrogens is 1. The van der Waals surface area contributed by atoms with Gasteiger partial charge in [-0.2, -0.15) is 0 Å². The zero-order valence-corrected chi connectivity index (χ0v) is 12.6. The van der Waals surface area contributed by atoms with E-state index in [0.717, 1.165) is 22.5 Å². The van der Waals surface area contributed by atoms with E-state index in [1.807, 2.05) is 24.3 Å². The molecular formula is C15H15N3O3S. The average molecular weight is 317 g/mol. The minimum Gasteiger partial charge on any atom is -0.366 e. The number of benzene rings is 2. The second kappa shape index (κ2) is 4.82. The molecule has 1 unspecified atom stereocenters. The van der Waals surface area contributed by atoms with Crippen LogP contribution in [0.15, 0.2) is 36.4 Å². The van der Waals surface area contributed by atoms with E-state index in [1.54, 1.807) is 12.1 Å². The number of sulfone groups is 1. The first-order valence-corrected chi connectivity index (χ1v) is 8.53. The zero-order valence-electron chi connectivity index (χ0n) is 11.8. The lowest BCUT2D eigenvalue weighted by Gasteiger charge is -2.14. The minimum absolute atomic E-state index is 0.117. The molecule has 0 radical (unpaired) electrons. The molecule has 7 heteroatoms. The van der Waals surface area contributed by atoms with Crippen LogP contribution in [0.3, 0.4) is 0 Å². The fourth-order valence-corrected chi connectivity index (χ4v) is 3.33. The first-order valence-electron chi connectivity index (χ1n) is 6.58. The van der Waals surface area contributed by atoms with Gasteiger partial charge in [0, 0.05) is 22.5 Å². The SMILES string of the molecule is CS(=O)(=O)C(N)c1ccc2c([nH]c3ccccc32)c1C(N)=O. The lowest BCUT2D eigenvalue weighted by Crippen LogP contribution is -2.25. The van der Waals surface area contributed by atoms with Crippen LogP contribution in [0, 0.1) is 0 Å². The standard InChI is InChI=1S/C15H15N3O3S/c1-22(20,21)15(17)10-7-6-9-8-4-2-3-5-11(8)18-13(9)12(10)14(16)19/h2-7,15,18H,17H2,1H3,(H2,16,19). The van der Waals surface area contributed by atoms with Crippen LogP contribution in [0.1, 0.15) is 21.3 Å². The molecule has 2 aromatic carbocycles. The normalized spacial score (nSPS) is 13.5. The number of carbonyl (C=O) groups is 1. The molecule has 0 fully saturated rings. The molecule has 1 amide bonds. The number of aromatic amines is 1. The highest BCUT2D eigenvalue weighted by Crippen LogP contribution is 2.32. The van der Waals surface area contributed by atoms with Crippen molar-refractivity contribution in [2.75, 3.05) is 6.26 Å². The summed E-state index contributed by atoms with van der Waals surface area (Å²) in [5.74, 6) is -0.716. The molecule has 0 saturated heterocycles. The lowest BCUT2D eigenvalue weighted by atomic mass is 10.0. The van der Waals surface area contributed by atoms with Gasteiger partial charge in [-0.25, -0.2) is 8.42 Å². The third-order valence-electron chi connectivity index (χ3n) is 3.73. The molecule has 0 bridgehead atoms. The molecule has 1 atom stereocenters. The first kappa shape index (κ1) is 14.6. The van der Waals surface area contributed by atoms with Crippen molar-refractivity contribution >= 4 is 37.6 Å². The Labute approximate surface area is 127 Å². The molecule has 0 saturated carbocycles. The summed E-state index contributed by atoms with van der Waals surface area (Å²) in [6.07, 6.45) is 1.03. The summed E-state index contributed by atoms with van der Waals surface area (Å²) >= 11 is 0. The molecule has 0 aliphatic rings. The number of fused-ring (bicyclic) bond motifs is 3. The predicted molar refractivity (Wildman–Crippen MR) is 86.1 cm³/mol. The number of hydrogen-bond acceptors (Lipinski definition) is 4. The van der Waals surface area contributed by atoms with Crippen LogP contribution in [0.25, 0.3) is 21.8 Å². The molecule has 0 aliphatic heterocycles. The Morgan fingerprint density at radius 3 is 2.45 bits per heavy atom. The summed E-state index contributed by atoms with van der Waals surface area (Å²) in [6.45, 7) is 0. The van der Waals surface area contributed by atoms with Gasteiger partial charge in [0.1, 0.15) is 5.37 Å². The summed E-state index contributed by atoms with van der Waals surface area (Å²) < 4.78 is 23.5. The zero-order chi connectivity index (χ0) is 16.1. The highest BCUT2D eigenvalue weighted by Gasteiger charge is 2.25. The largest absolute Gasteiger partial charge is 0.366 e. The van der Waals surface area contributed by atoms with Gasteiger partial charge in [0.25, 0.3) is 5.91 Å². The van der Waals surface area contributed by atoms with Crippen molar-refractivity contribution in [1.29, 1.82) is 0 Å². The molecule has 22 heavy (non-hydrogen) atoms. The highest BCUT2D eigenvalue weighted by atomic mass is 32.2. The fraction of sp³-hybridized carbons (Fsp3) is 0.133. The third-order valence-corrected chi connectivity index (χ3v) is 4.91. The molecule has 0 aliphatic carbocycles. The van der Waals surface area contributed by atoms with Gasteiger partial charge in [0.05, 0.1) is 11.1 Å². The smallest absolute Gasteiger partial charge is 0.251 e. The van der Waals surface area contributed by atoms with E-state index in [1.165, 1.54) is 0 Å². The molecule has 1 heterocycles. The van der Waals surface area contributed by atoms with Crippen molar-refractivity contribution in [2.45, 2.75) is 5.37 Å². The Morgan fingerprint density at radius 2 is 1.82 bits per heavy atom. The summed E-state index contributed by atoms with van der Waals surface area (Å²) in [5, 5.41) is 0.430. The molecule has 3 rings (SSSR count). The maximum Gasteiger partial charge on any atom is 0.251 e. The Hall–Kier alpha value is -2.38. The van der Waals surface area contributed by atoms with Crippen molar-refractivity contribution in [3.63, 3.8) is 0 Å². The van der Waals surface area contributed by atoms with Gasteiger partial charge < -0.3 is 16.5 Å². The second-order valence-corrected chi connectivity index (χ2v) is 7.40. The van der Waals surface area contributed by atoms with Crippen LogP contribution in [-0.2, 0) is 9.84 Å². The van der Waals surface area contributed by atoms with Crippen LogP contribution in [0.4, 0.5) is 0 Å². The van der Waals surface area contributed by atoms with E-state index in [-0.39, 0.29) is 11.1 Å². The summed E-state index contributed by atoms with van der Waals surface area (Å²) in [7, 11) is -3.55. The van der Waals surface area contributed by atoms with Crippen molar-refractivity contribution in [2.24, 2.45) is 11.5 Å². The van der Waals surface area contributed by atoms with Crippen LogP contribution in [-0.4, -0.2) is 25.6 Å². The number of rotatable bonds is 3. The van der Waals surface area contributed by atoms with Gasteiger partial charge in [0.15, 0.2) is 9.84 Å². The summed E-state index contributed by atoms with van der Waals surface area (Å²) in [6, 6.07) is 10.8. The molecule has 0 spiro atoms. The number of aromatic nitrogens is 1. The number of nitrogens with two attached hydrogens (primary N) is 2. The second-order valence-electron chi connectivity index (χ2n) is 5.24. The van der Waals surface area contributed by atoms with Crippen LogP contribution >= 0.6 is 0 Å². The fourth-order valence-electron chi connectivity index (χ4n) is 2.67. The maximum absolute atomic E-state index is 11.9. The van der Waals surface area contributed by atoms with E-state index in [2.05, 4.69) is 4.98 Å². The van der Waals surface area contributed by atoms with Crippen molar-refractivity contribution in [3.8, 4) is 0 Å². The topological polar surface area (TPSA) is 119 Å². The van der Waals surface area contributed by atoms with Gasteiger partial charge in [-0.15, -0.1) is 0 Å². The summed E-state index contributed by atoms with van der Waals surface area (Å²) in [5.41, 5.74) is 12.9. The van der Waals surface area contributed by atoms with E-state index < -0.39 is 21.1 Å². The van der Waals surface area contributed by atoms with Gasteiger partial charge in [-0.05, 0) is 11.6 Å². The Morgan fingerprint density at radius 1 is 1.14 bits per heavy atom. The van der Waals surface area contributed by atoms with Gasteiger partial charge >= 0.3 is 0 Å². The average Bonchev–Trinajstić information content (AvgIpc) is 2.82. The number of amides is 1. The van der Waals surface area contributed by atoms with Gasteiger partial charge in [-0.3, -0.25) is 4.79 Å². The van der Waals surface area contributed by atoms with E-state index >= 15 is 0 Å². The van der Waals surface area contributed by atoms with E-state index in [9.17, 15) is 13.2 Å². The molecule has 114 valence electrons. The van der Waals surface area contributed by atoms with Gasteiger partial charge in [0.2, 0.25) is 0 Å². The number of primary amides is 1. The Bertz CT molecular complexity index is 1010. The quantitative estimate of drug-likeness (QED) is 0.676. The number of carbonyl (C=O) groups excluding carboxylic acids is 1. The van der Waals surface area contributed by atoms with Crippen molar-refractivity contribution in [1.82, 2.24) is 4.98 Å². The highest BCUT2D eigenvalue weighted by molar-refractivity contribution is 7.90. The van der Waals surface area contributed by atoms with E-state index in [0.29, 0.717) is 5.52 Å². The van der Waals surface area contributed by atoms with Crippen LogP contribution < -0.4 is 11.5 Å².